The zero-order chi connectivity index (χ0) is 13.8. The van der Waals surface area contributed by atoms with Gasteiger partial charge in [0.1, 0.15) is 17.5 Å². The summed E-state index contributed by atoms with van der Waals surface area (Å²) in [5.41, 5.74) is 3.65. The van der Waals surface area contributed by atoms with E-state index in [9.17, 15) is 0 Å². The first-order valence-electron chi connectivity index (χ1n) is 7.26. The van der Waals surface area contributed by atoms with Crippen molar-refractivity contribution in [3.63, 3.8) is 0 Å². The number of nitrogen functional groups attached to an aromatic ring is 1. The summed E-state index contributed by atoms with van der Waals surface area (Å²) in [6, 6.07) is 0.450. The topological polar surface area (TPSA) is 75.9 Å². The summed E-state index contributed by atoms with van der Waals surface area (Å²) in [6.07, 6.45) is 6.16. The number of anilines is 2. The van der Waals surface area contributed by atoms with Crippen molar-refractivity contribution in [2.45, 2.75) is 58.9 Å². The van der Waals surface area contributed by atoms with E-state index >= 15 is 0 Å². The first kappa shape index (κ1) is 14.1. The predicted molar refractivity (Wildman–Crippen MR) is 79.0 cm³/mol. The minimum Gasteiger partial charge on any atom is -0.367 e. The fraction of sp³-hybridized carbons (Fsp3) is 0.714. The third-order valence-electron chi connectivity index (χ3n) is 4.12. The van der Waals surface area contributed by atoms with Crippen molar-refractivity contribution in [3.8, 4) is 0 Å². The molecule has 1 aromatic heterocycles. The monoisotopic (exact) mass is 263 g/mol. The lowest BCUT2D eigenvalue weighted by Gasteiger charge is -2.22. The molecule has 1 aliphatic rings. The van der Waals surface area contributed by atoms with Crippen LogP contribution in [0.3, 0.4) is 0 Å². The lowest BCUT2D eigenvalue weighted by Crippen LogP contribution is -2.26. The van der Waals surface area contributed by atoms with Crippen LogP contribution in [0.2, 0.25) is 0 Å². The zero-order valence-electron chi connectivity index (χ0n) is 12.2. The Hall–Kier alpha value is -1.36. The van der Waals surface area contributed by atoms with Gasteiger partial charge in [-0.25, -0.2) is 15.8 Å². The molecule has 0 bridgehead atoms. The van der Waals surface area contributed by atoms with E-state index in [1.165, 1.54) is 25.7 Å². The van der Waals surface area contributed by atoms with Gasteiger partial charge in [0, 0.05) is 18.0 Å². The molecule has 0 aliphatic heterocycles. The molecule has 1 unspecified atom stereocenters. The third kappa shape index (κ3) is 3.15. The maximum atomic E-state index is 5.53. The van der Waals surface area contributed by atoms with Gasteiger partial charge in [-0.3, -0.25) is 0 Å². The van der Waals surface area contributed by atoms with Gasteiger partial charge in [-0.05, 0) is 32.6 Å². The highest BCUT2D eigenvalue weighted by Gasteiger charge is 2.22. The number of rotatable bonds is 5. The van der Waals surface area contributed by atoms with Crippen LogP contribution < -0.4 is 16.6 Å². The van der Waals surface area contributed by atoms with Crippen molar-refractivity contribution < 1.29 is 0 Å². The van der Waals surface area contributed by atoms with E-state index in [4.69, 9.17) is 5.84 Å². The van der Waals surface area contributed by atoms with Crippen molar-refractivity contribution >= 4 is 11.6 Å². The molecule has 19 heavy (non-hydrogen) atoms. The second kappa shape index (κ2) is 6.19. The third-order valence-corrected chi connectivity index (χ3v) is 4.12. The molecule has 0 saturated heterocycles. The molecule has 1 aliphatic carbocycles. The number of nitrogens with one attached hydrogen (secondary N) is 2. The summed E-state index contributed by atoms with van der Waals surface area (Å²) in [6.45, 7) is 6.30. The van der Waals surface area contributed by atoms with Crippen molar-refractivity contribution in [1.29, 1.82) is 0 Å². The average Bonchev–Trinajstić information content (AvgIpc) is 2.95. The first-order valence-corrected chi connectivity index (χ1v) is 7.26. The van der Waals surface area contributed by atoms with E-state index in [2.05, 4.69) is 34.6 Å². The Morgan fingerprint density at radius 2 is 1.89 bits per heavy atom. The molecule has 0 amide bonds. The molecule has 4 N–H and O–H groups in total. The van der Waals surface area contributed by atoms with E-state index in [0.29, 0.717) is 11.9 Å². The number of hydrazine groups is 1. The van der Waals surface area contributed by atoms with Gasteiger partial charge in [-0.2, -0.15) is 0 Å². The molecule has 106 valence electrons. The van der Waals surface area contributed by atoms with Gasteiger partial charge in [0.05, 0.1) is 0 Å². The average molecular weight is 263 g/mol. The molecule has 1 aromatic rings. The van der Waals surface area contributed by atoms with Gasteiger partial charge in [-0.15, -0.1) is 0 Å². The zero-order valence-corrected chi connectivity index (χ0v) is 12.2. The lowest BCUT2D eigenvalue weighted by atomic mass is 10.00. The number of aryl methyl sites for hydroxylation is 1. The van der Waals surface area contributed by atoms with Gasteiger partial charge in [0.15, 0.2) is 0 Å². The second-order valence-corrected chi connectivity index (χ2v) is 5.44. The van der Waals surface area contributed by atoms with Gasteiger partial charge in [0.25, 0.3) is 0 Å². The maximum Gasteiger partial charge on any atom is 0.148 e. The standard InChI is InChI=1S/C14H25N5/c1-4-12-17-13(9(2)14(18-12)19-15)16-10(3)11-7-5-6-8-11/h10-11H,4-8,15H2,1-3H3,(H2,16,17,18,19). The Kier molecular flexibility index (Phi) is 4.58. The molecule has 2 rings (SSSR count). The number of aromatic nitrogens is 2. The Morgan fingerprint density at radius 3 is 2.47 bits per heavy atom. The second-order valence-electron chi connectivity index (χ2n) is 5.44. The number of hydrogen-bond donors (Lipinski definition) is 3. The molecule has 0 spiro atoms. The van der Waals surface area contributed by atoms with Gasteiger partial charge >= 0.3 is 0 Å². The van der Waals surface area contributed by atoms with Crippen molar-refractivity contribution in [3.05, 3.63) is 11.4 Å². The van der Waals surface area contributed by atoms with E-state index in [1.54, 1.807) is 0 Å². The highest BCUT2D eigenvalue weighted by atomic mass is 15.3. The highest BCUT2D eigenvalue weighted by Crippen LogP contribution is 2.30. The van der Waals surface area contributed by atoms with Crippen molar-refractivity contribution in [2.24, 2.45) is 11.8 Å². The summed E-state index contributed by atoms with van der Waals surface area (Å²) in [7, 11) is 0. The number of nitrogens with two attached hydrogens (primary N) is 1. The largest absolute Gasteiger partial charge is 0.367 e. The summed E-state index contributed by atoms with van der Waals surface area (Å²) in [5.74, 6) is 8.74. The fourth-order valence-corrected chi connectivity index (χ4v) is 2.79. The van der Waals surface area contributed by atoms with E-state index in [0.717, 1.165) is 29.5 Å². The molecule has 1 heterocycles. The molecule has 1 fully saturated rings. The molecular weight excluding hydrogens is 238 g/mol. The first-order chi connectivity index (χ1) is 9.15. The highest BCUT2D eigenvalue weighted by molar-refractivity contribution is 5.57. The minimum atomic E-state index is 0.450. The van der Waals surface area contributed by atoms with Crippen LogP contribution in [0.5, 0.6) is 0 Å². The molecule has 1 atom stereocenters. The summed E-state index contributed by atoms with van der Waals surface area (Å²) >= 11 is 0. The van der Waals surface area contributed by atoms with Crippen LogP contribution in [-0.2, 0) is 6.42 Å². The molecule has 0 radical (unpaired) electrons. The quantitative estimate of drug-likeness (QED) is 0.562. The van der Waals surface area contributed by atoms with Crippen LogP contribution >= 0.6 is 0 Å². The molecule has 1 saturated carbocycles. The molecular formula is C14H25N5. The lowest BCUT2D eigenvalue weighted by molar-refractivity contribution is 0.480. The Balaban J connectivity index is 2.18. The number of hydrogen-bond acceptors (Lipinski definition) is 5. The van der Waals surface area contributed by atoms with Crippen LogP contribution in [0.25, 0.3) is 0 Å². The van der Waals surface area contributed by atoms with Crippen LogP contribution in [-0.4, -0.2) is 16.0 Å². The summed E-state index contributed by atoms with van der Waals surface area (Å²) in [5, 5.41) is 3.55. The van der Waals surface area contributed by atoms with E-state index < -0.39 is 0 Å². The van der Waals surface area contributed by atoms with Crippen LogP contribution in [0.1, 0.15) is 50.9 Å². The van der Waals surface area contributed by atoms with Gasteiger partial charge < -0.3 is 10.7 Å². The minimum absolute atomic E-state index is 0.450. The Bertz CT molecular complexity index is 426. The van der Waals surface area contributed by atoms with Crippen LogP contribution in [0.4, 0.5) is 11.6 Å². The van der Waals surface area contributed by atoms with Crippen LogP contribution in [0, 0.1) is 12.8 Å². The van der Waals surface area contributed by atoms with Crippen molar-refractivity contribution in [2.75, 3.05) is 10.7 Å². The Morgan fingerprint density at radius 1 is 1.26 bits per heavy atom. The molecule has 5 nitrogen and oxygen atoms in total. The van der Waals surface area contributed by atoms with Gasteiger partial charge in [0.2, 0.25) is 0 Å². The fourth-order valence-electron chi connectivity index (χ4n) is 2.79. The number of nitrogens with zero attached hydrogens (tertiary/aromatic N) is 2. The molecule has 0 aromatic carbocycles. The smallest absolute Gasteiger partial charge is 0.148 e. The summed E-state index contributed by atoms with van der Waals surface area (Å²) in [4.78, 5) is 8.98. The SMILES string of the molecule is CCc1nc(NN)c(C)c(NC(C)C2CCCC2)n1. The van der Waals surface area contributed by atoms with Crippen molar-refractivity contribution in [1.82, 2.24) is 9.97 Å². The van der Waals surface area contributed by atoms with E-state index in [-0.39, 0.29) is 0 Å². The normalized spacial score (nSPS) is 17.5. The molecule has 5 heteroatoms. The van der Waals surface area contributed by atoms with Gasteiger partial charge in [-0.1, -0.05) is 19.8 Å². The summed E-state index contributed by atoms with van der Waals surface area (Å²) < 4.78 is 0. The predicted octanol–water partition coefficient (Wildman–Crippen LogP) is 2.62. The Labute approximate surface area is 115 Å². The maximum absolute atomic E-state index is 5.53. The van der Waals surface area contributed by atoms with E-state index in [1.807, 2.05) is 6.92 Å². The van der Waals surface area contributed by atoms with Crippen LogP contribution in [0.15, 0.2) is 0 Å².